The van der Waals surface area contributed by atoms with Gasteiger partial charge in [-0.05, 0) is 30.0 Å². The topological polar surface area (TPSA) is 58.2 Å². The third-order valence-corrected chi connectivity index (χ3v) is 3.73. The Morgan fingerprint density at radius 2 is 1.87 bits per heavy atom. The monoisotopic (exact) mass is 348 g/mol. The number of halogens is 4. The zero-order valence-electron chi connectivity index (χ0n) is 12.2. The van der Waals surface area contributed by atoms with Crippen LogP contribution in [0.1, 0.15) is 30.4 Å². The highest BCUT2D eigenvalue weighted by Crippen LogP contribution is 2.29. The van der Waals surface area contributed by atoms with E-state index >= 15 is 0 Å². The molecule has 0 heterocycles. The Bertz CT molecular complexity index is 601. The lowest BCUT2D eigenvalue weighted by Gasteiger charge is -2.11. The fourth-order valence-electron chi connectivity index (χ4n) is 1.99. The zero-order valence-corrected chi connectivity index (χ0v) is 12.9. The lowest BCUT2D eigenvalue weighted by atomic mass is 10.1. The molecular formula is C15H16ClF3N2O2. The minimum atomic E-state index is -4.53. The highest BCUT2D eigenvalue weighted by Gasteiger charge is 2.31. The van der Waals surface area contributed by atoms with Gasteiger partial charge in [-0.2, -0.15) is 13.2 Å². The molecule has 0 aromatic heterocycles. The van der Waals surface area contributed by atoms with E-state index in [0.29, 0.717) is 16.1 Å². The van der Waals surface area contributed by atoms with Crippen LogP contribution in [-0.2, 0) is 22.7 Å². The predicted molar refractivity (Wildman–Crippen MR) is 78.5 cm³/mol. The summed E-state index contributed by atoms with van der Waals surface area (Å²) in [5.74, 6) is -1.03. The molecule has 0 atom stereocenters. The molecule has 0 saturated heterocycles. The van der Waals surface area contributed by atoms with Gasteiger partial charge in [0.2, 0.25) is 11.8 Å². The first-order chi connectivity index (χ1) is 10.7. The van der Waals surface area contributed by atoms with Crippen LogP contribution < -0.4 is 10.6 Å². The van der Waals surface area contributed by atoms with E-state index in [1.807, 2.05) is 0 Å². The molecular weight excluding hydrogens is 333 g/mol. The Balaban J connectivity index is 1.88. The van der Waals surface area contributed by atoms with E-state index < -0.39 is 18.5 Å². The van der Waals surface area contributed by atoms with Gasteiger partial charge in [0.1, 0.15) is 6.42 Å². The Kier molecular flexibility index (Phi) is 5.51. The Labute approximate surface area is 136 Å². The molecule has 4 nitrogen and oxygen atoms in total. The summed E-state index contributed by atoms with van der Waals surface area (Å²) in [5, 5.41) is 5.42. The number of hydrogen-bond acceptors (Lipinski definition) is 2. The summed E-state index contributed by atoms with van der Waals surface area (Å²) in [6.45, 7) is 0.216. The molecule has 8 heteroatoms. The highest BCUT2D eigenvalue weighted by molar-refractivity contribution is 6.31. The van der Waals surface area contributed by atoms with E-state index in [-0.39, 0.29) is 24.9 Å². The third-order valence-electron chi connectivity index (χ3n) is 3.36. The van der Waals surface area contributed by atoms with Gasteiger partial charge in [0.15, 0.2) is 0 Å². The Morgan fingerprint density at radius 3 is 2.48 bits per heavy atom. The van der Waals surface area contributed by atoms with Crippen LogP contribution in [0.3, 0.4) is 0 Å². The maximum absolute atomic E-state index is 12.1. The Morgan fingerprint density at radius 1 is 1.17 bits per heavy atom. The van der Waals surface area contributed by atoms with Gasteiger partial charge >= 0.3 is 6.18 Å². The number of hydrogen-bond donors (Lipinski definition) is 2. The lowest BCUT2D eigenvalue weighted by molar-refractivity contribution is -0.153. The van der Waals surface area contributed by atoms with Crippen molar-refractivity contribution in [1.29, 1.82) is 0 Å². The van der Waals surface area contributed by atoms with Gasteiger partial charge < -0.3 is 10.6 Å². The molecule has 2 rings (SSSR count). The fourth-order valence-corrected chi connectivity index (χ4v) is 2.18. The molecule has 1 aromatic rings. The molecule has 0 bridgehead atoms. The molecule has 2 amide bonds. The maximum Gasteiger partial charge on any atom is 0.397 e. The first kappa shape index (κ1) is 17.6. The summed E-state index contributed by atoms with van der Waals surface area (Å²) >= 11 is 6.04. The van der Waals surface area contributed by atoms with Crippen LogP contribution in [0.2, 0.25) is 5.02 Å². The van der Waals surface area contributed by atoms with Crippen molar-refractivity contribution in [2.45, 2.75) is 38.5 Å². The van der Waals surface area contributed by atoms with Gasteiger partial charge in [-0.15, -0.1) is 0 Å². The van der Waals surface area contributed by atoms with Crippen LogP contribution in [0.25, 0.3) is 0 Å². The van der Waals surface area contributed by atoms with E-state index in [4.69, 9.17) is 11.6 Å². The van der Waals surface area contributed by atoms with Gasteiger partial charge in [0, 0.05) is 24.0 Å². The molecule has 23 heavy (non-hydrogen) atoms. The van der Waals surface area contributed by atoms with Crippen molar-refractivity contribution >= 4 is 23.4 Å². The smallest absolute Gasteiger partial charge is 0.352 e. The second kappa shape index (κ2) is 7.21. The molecule has 0 unspecified atom stereocenters. The van der Waals surface area contributed by atoms with Crippen molar-refractivity contribution in [2.75, 3.05) is 0 Å². The summed E-state index contributed by atoms with van der Waals surface area (Å²) in [4.78, 5) is 22.8. The predicted octanol–water partition coefficient (Wildman–Crippen LogP) is 2.93. The molecule has 2 N–H and O–H groups in total. The highest BCUT2D eigenvalue weighted by atomic mass is 35.5. The van der Waals surface area contributed by atoms with Crippen molar-refractivity contribution in [2.24, 2.45) is 5.92 Å². The van der Waals surface area contributed by atoms with E-state index in [0.717, 1.165) is 12.8 Å². The summed E-state index contributed by atoms with van der Waals surface area (Å²) < 4.78 is 36.2. The summed E-state index contributed by atoms with van der Waals surface area (Å²) in [5.41, 5.74) is 1.27. The second-order valence-corrected chi connectivity index (χ2v) is 5.89. The Hall–Kier alpha value is -1.76. The van der Waals surface area contributed by atoms with Crippen LogP contribution in [0.15, 0.2) is 18.2 Å². The van der Waals surface area contributed by atoms with Crippen molar-refractivity contribution in [3.05, 3.63) is 34.3 Å². The van der Waals surface area contributed by atoms with Crippen LogP contribution >= 0.6 is 11.6 Å². The van der Waals surface area contributed by atoms with Crippen molar-refractivity contribution in [1.82, 2.24) is 10.6 Å². The number of amides is 2. The van der Waals surface area contributed by atoms with Gasteiger partial charge in [0.05, 0.1) is 0 Å². The van der Waals surface area contributed by atoms with Crippen LogP contribution in [-0.4, -0.2) is 18.0 Å². The normalized spacial score (nSPS) is 14.4. The van der Waals surface area contributed by atoms with Gasteiger partial charge in [0.25, 0.3) is 0 Å². The number of nitrogens with one attached hydrogen (secondary N) is 2. The minimum absolute atomic E-state index is 0.0232. The molecule has 1 saturated carbocycles. The molecule has 1 aliphatic carbocycles. The van der Waals surface area contributed by atoms with E-state index in [1.165, 1.54) is 0 Å². The lowest BCUT2D eigenvalue weighted by Crippen LogP contribution is -2.28. The van der Waals surface area contributed by atoms with Crippen molar-refractivity contribution in [3.63, 3.8) is 0 Å². The van der Waals surface area contributed by atoms with Crippen molar-refractivity contribution < 1.29 is 22.8 Å². The first-order valence-corrected chi connectivity index (χ1v) is 7.51. The molecule has 1 aliphatic rings. The second-order valence-electron chi connectivity index (χ2n) is 5.49. The molecule has 1 aromatic carbocycles. The van der Waals surface area contributed by atoms with Crippen LogP contribution in [0, 0.1) is 5.92 Å². The molecule has 126 valence electrons. The van der Waals surface area contributed by atoms with E-state index in [2.05, 4.69) is 10.6 Å². The molecule has 0 aliphatic heterocycles. The third kappa shape index (κ3) is 6.09. The molecule has 1 fully saturated rings. The molecule has 0 radical (unpaired) electrons. The standard InChI is InChI=1S/C15H16ClF3N2O2/c16-12-4-1-9(7-20-13(22)6-15(17,18)19)5-11(12)8-21-14(23)10-2-3-10/h1,4-5,10H,2-3,6-8H2,(H,20,22)(H,21,23). The molecule has 0 spiro atoms. The summed E-state index contributed by atoms with van der Waals surface area (Å²) in [6.07, 6.45) is -4.25. The first-order valence-electron chi connectivity index (χ1n) is 7.13. The van der Waals surface area contributed by atoms with Crippen LogP contribution in [0.5, 0.6) is 0 Å². The van der Waals surface area contributed by atoms with E-state index in [1.54, 1.807) is 18.2 Å². The largest absolute Gasteiger partial charge is 0.397 e. The van der Waals surface area contributed by atoms with Crippen molar-refractivity contribution in [3.8, 4) is 0 Å². The fraction of sp³-hybridized carbons (Fsp3) is 0.467. The number of benzene rings is 1. The van der Waals surface area contributed by atoms with Gasteiger partial charge in [-0.25, -0.2) is 0 Å². The summed E-state index contributed by atoms with van der Waals surface area (Å²) in [7, 11) is 0. The number of rotatable bonds is 6. The van der Waals surface area contributed by atoms with Gasteiger partial charge in [-0.3, -0.25) is 9.59 Å². The summed E-state index contributed by atoms with van der Waals surface area (Å²) in [6, 6.07) is 4.86. The zero-order chi connectivity index (χ0) is 17.0. The average Bonchev–Trinajstić information content (AvgIpc) is 3.27. The quantitative estimate of drug-likeness (QED) is 0.830. The van der Waals surface area contributed by atoms with Crippen LogP contribution in [0.4, 0.5) is 13.2 Å². The SMILES string of the molecule is O=C(CC(F)(F)F)NCc1ccc(Cl)c(CNC(=O)C2CC2)c1. The van der Waals surface area contributed by atoms with E-state index in [9.17, 15) is 22.8 Å². The van der Waals surface area contributed by atoms with Gasteiger partial charge in [-0.1, -0.05) is 23.7 Å². The average molecular weight is 349 g/mol. The number of alkyl halides is 3. The maximum atomic E-state index is 12.1. The minimum Gasteiger partial charge on any atom is -0.352 e. The number of carbonyl (C=O) groups excluding carboxylic acids is 2. The number of carbonyl (C=O) groups is 2.